The highest BCUT2D eigenvalue weighted by Crippen LogP contribution is 2.17. The first-order valence-electron chi connectivity index (χ1n) is 7.21. The molecule has 2 heterocycles. The van der Waals surface area contributed by atoms with Crippen LogP contribution >= 0.6 is 11.6 Å². The summed E-state index contributed by atoms with van der Waals surface area (Å²) in [6.45, 7) is 4.51. The van der Waals surface area contributed by atoms with Crippen LogP contribution in [0.4, 0.5) is 5.95 Å². The van der Waals surface area contributed by atoms with Crippen molar-refractivity contribution in [1.82, 2.24) is 19.5 Å². The zero-order chi connectivity index (χ0) is 16.8. The van der Waals surface area contributed by atoms with E-state index in [9.17, 15) is 9.59 Å². The molecule has 0 fully saturated rings. The van der Waals surface area contributed by atoms with Crippen LogP contribution in [0.5, 0.6) is 0 Å². The van der Waals surface area contributed by atoms with Crippen molar-refractivity contribution < 1.29 is 14.3 Å². The normalized spacial score (nSPS) is 10.6. The Labute approximate surface area is 138 Å². The molecule has 0 spiro atoms. The fraction of sp³-hybridized carbons (Fsp3) is 0.429. The topological polar surface area (TPSA) is 102 Å². The number of H-pyrrole nitrogens is 1. The molecule has 124 valence electrons. The third kappa shape index (κ3) is 4.56. The molecule has 2 aromatic rings. The lowest BCUT2D eigenvalue weighted by Gasteiger charge is -2.04. The zero-order valence-electron chi connectivity index (χ0n) is 12.9. The molecule has 9 heteroatoms. The Morgan fingerprint density at radius 3 is 2.91 bits per heavy atom. The number of esters is 1. The van der Waals surface area contributed by atoms with Gasteiger partial charge in [-0.15, -0.1) is 0 Å². The first-order valence-corrected chi connectivity index (χ1v) is 7.59. The number of amides is 1. The Hall–Kier alpha value is -2.35. The number of hydrogen-bond donors (Lipinski definition) is 2. The van der Waals surface area contributed by atoms with Gasteiger partial charge in [0.05, 0.1) is 6.61 Å². The first kappa shape index (κ1) is 17.0. The number of ether oxygens (including phenoxy) is 1. The van der Waals surface area contributed by atoms with Crippen molar-refractivity contribution in [3.05, 3.63) is 29.1 Å². The minimum atomic E-state index is -0.634. The molecule has 0 saturated carbocycles. The Morgan fingerprint density at radius 2 is 2.26 bits per heavy atom. The van der Waals surface area contributed by atoms with E-state index in [1.165, 1.54) is 0 Å². The van der Waals surface area contributed by atoms with E-state index >= 15 is 0 Å². The molecule has 0 atom stereocenters. The standard InChI is InChI=1S/C14H18ClN5O3/c1-3-23-13(22)11-12(15)19-14(18-11)17-10(21)5-4-7-20-8-6-16-9(20)2/h6,8H,3-5,7H2,1-2H3,(H2,17,18,19,21). The van der Waals surface area contributed by atoms with Crippen LogP contribution in [0.3, 0.4) is 0 Å². The van der Waals surface area contributed by atoms with E-state index < -0.39 is 5.97 Å². The number of carbonyl (C=O) groups excluding carboxylic acids is 2. The van der Waals surface area contributed by atoms with E-state index in [1.54, 1.807) is 13.1 Å². The number of aromatic nitrogens is 4. The van der Waals surface area contributed by atoms with Crippen molar-refractivity contribution in [2.75, 3.05) is 11.9 Å². The zero-order valence-corrected chi connectivity index (χ0v) is 13.7. The van der Waals surface area contributed by atoms with E-state index in [4.69, 9.17) is 16.3 Å². The molecular weight excluding hydrogens is 322 g/mol. The minimum Gasteiger partial charge on any atom is -0.461 e. The van der Waals surface area contributed by atoms with Crippen molar-refractivity contribution in [3.63, 3.8) is 0 Å². The minimum absolute atomic E-state index is 0.0350. The predicted octanol–water partition coefficient (Wildman–Crippen LogP) is 2.16. The number of aryl methyl sites for hydroxylation is 2. The van der Waals surface area contributed by atoms with Crippen LogP contribution in [0, 0.1) is 6.92 Å². The van der Waals surface area contributed by atoms with Crippen LogP contribution in [0.15, 0.2) is 12.4 Å². The maximum absolute atomic E-state index is 11.9. The summed E-state index contributed by atoms with van der Waals surface area (Å²) in [5.74, 6) is 0.178. The monoisotopic (exact) mass is 339 g/mol. The Morgan fingerprint density at radius 1 is 1.48 bits per heavy atom. The second-order valence-electron chi connectivity index (χ2n) is 4.79. The fourth-order valence-corrected chi connectivity index (χ4v) is 2.20. The molecule has 0 aliphatic heterocycles. The lowest BCUT2D eigenvalue weighted by molar-refractivity contribution is -0.116. The van der Waals surface area contributed by atoms with E-state index in [2.05, 4.69) is 20.3 Å². The van der Waals surface area contributed by atoms with Crippen molar-refractivity contribution in [2.45, 2.75) is 33.2 Å². The summed E-state index contributed by atoms with van der Waals surface area (Å²) in [6.07, 6.45) is 4.55. The van der Waals surface area contributed by atoms with Gasteiger partial charge in [-0.25, -0.2) is 14.8 Å². The molecule has 8 nitrogen and oxygen atoms in total. The highest BCUT2D eigenvalue weighted by atomic mass is 35.5. The van der Waals surface area contributed by atoms with Gasteiger partial charge in [0.15, 0.2) is 5.69 Å². The molecular formula is C14H18ClN5O3. The number of nitrogens with one attached hydrogen (secondary N) is 2. The Kier molecular flexibility index (Phi) is 5.75. The molecule has 2 aromatic heterocycles. The van der Waals surface area contributed by atoms with Gasteiger partial charge in [0, 0.05) is 25.4 Å². The molecule has 23 heavy (non-hydrogen) atoms. The van der Waals surface area contributed by atoms with E-state index in [-0.39, 0.29) is 29.3 Å². The highest BCUT2D eigenvalue weighted by Gasteiger charge is 2.18. The SMILES string of the molecule is CCOC(=O)c1nc(NC(=O)CCCn2ccnc2C)[nH]c1Cl. The Bertz CT molecular complexity index is 694. The molecule has 2 rings (SSSR count). The smallest absolute Gasteiger partial charge is 0.360 e. The van der Waals surface area contributed by atoms with Crippen molar-refractivity contribution in [3.8, 4) is 0 Å². The summed E-state index contributed by atoms with van der Waals surface area (Å²) in [4.78, 5) is 34.2. The predicted molar refractivity (Wildman–Crippen MR) is 84.4 cm³/mol. The molecule has 0 aromatic carbocycles. The summed E-state index contributed by atoms with van der Waals surface area (Å²) < 4.78 is 6.79. The number of hydrogen-bond acceptors (Lipinski definition) is 5. The molecule has 0 aliphatic carbocycles. The number of halogens is 1. The molecule has 0 bridgehead atoms. The lowest BCUT2D eigenvalue weighted by atomic mass is 10.3. The molecule has 0 aliphatic rings. The van der Waals surface area contributed by atoms with Crippen molar-refractivity contribution >= 4 is 29.4 Å². The number of carbonyl (C=O) groups is 2. The first-order chi connectivity index (χ1) is 11.0. The van der Waals surface area contributed by atoms with Crippen LogP contribution in [-0.2, 0) is 16.1 Å². The number of rotatable bonds is 7. The summed E-state index contributed by atoms with van der Waals surface area (Å²) >= 11 is 5.87. The quantitative estimate of drug-likeness (QED) is 0.753. The van der Waals surface area contributed by atoms with Gasteiger partial charge in [0.1, 0.15) is 11.0 Å². The fourth-order valence-electron chi connectivity index (χ4n) is 1.99. The summed E-state index contributed by atoms with van der Waals surface area (Å²) in [5, 5.41) is 2.61. The van der Waals surface area contributed by atoms with Crippen LogP contribution in [0.1, 0.15) is 36.1 Å². The maximum atomic E-state index is 11.9. The maximum Gasteiger partial charge on any atom is 0.360 e. The van der Waals surface area contributed by atoms with Gasteiger partial charge in [-0.3, -0.25) is 10.1 Å². The third-order valence-corrected chi connectivity index (χ3v) is 3.39. The van der Waals surface area contributed by atoms with Crippen LogP contribution in [-0.4, -0.2) is 38.0 Å². The number of anilines is 1. The molecule has 2 N–H and O–H groups in total. The highest BCUT2D eigenvalue weighted by molar-refractivity contribution is 6.32. The lowest BCUT2D eigenvalue weighted by Crippen LogP contribution is -2.14. The largest absolute Gasteiger partial charge is 0.461 e. The Balaban J connectivity index is 1.84. The van der Waals surface area contributed by atoms with E-state index in [0.29, 0.717) is 19.4 Å². The van der Waals surface area contributed by atoms with Crippen molar-refractivity contribution in [1.29, 1.82) is 0 Å². The summed E-state index contributed by atoms with van der Waals surface area (Å²) in [7, 11) is 0. The number of imidazole rings is 2. The molecule has 1 amide bonds. The van der Waals surface area contributed by atoms with Gasteiger partial charge in [-0.2, -0.15) is 0 Å². The van der Waals surface area contributed by atoms with E-state index in [1.807, 2.05) is 17.7 Å². The van der Waals surface area contributed by atoms with Gasteiger partial charge in [0.2, 0.25) is 11.9 Å². The third-order valence-electron chi connectivity index (χ3n) is 3.11. The second-order valence-corrected chi connectivity index (χ2v) is 5.17. The van der Waals surface area contributed by atoms with Crippen molar-refractivity contribution in [2.24, 2.45) is 0 Å². The number of nitrogens with zero attached hydrogens (tertiary/aromatic N) is 3. The average Bonchev–Trinajstić information content (AvgIpc) is 3.05. The van der Waals surface area contributed by atoms with Crippen LogP contribution in [0.25, 0.3) is 0 Å². The average molecular weight is 340 g/mol. The second kappa shape index (κ2) is 7.77. The summed E-state index contributed by atoms with van der Waals surface area (Å²) in [6, 6.07) is 0. The number of aromatic amines is 1. The van der Waals surface area contributed by atoms with Crippen LogP contribution < -0.4 is 5.32 Å². The van der Waals surface area contributed by atoms with Gasteiger partial charge in [-0.1, -0.05) is 11.6 Å². The molecule has 0 unspecified atom stereocenters. The van der Waals surface area contributed by atoms with Gasteiger partial charge < -0.3 is 14.3 Å². The van der Waals surface area contributed by atoms with Gasteiger partial charge in [-0.05, 0) is 20.3 Å². The van der Waals surface area contributed by atoms with Gasteiger partial charge in [0.25, 0.3) is 0 Å². The summed E-state index contributed by atoms with van der Waals surface area (Å²) in [5.41, 5.74) is -0.0437. The molecule has 0 saturated heterocycles. The van der Waals surface area contributed by atoms with E-state index in [0.717, 1.165) is 5.82 Å². The van der Waals surface area contributed by atoms with Gasteiger partial charge >= 0.3 is 5.97 Å². The van der Waals surface area contributed by atoms with Crippen LogP contribution in [0.2, 0.25) is 5.15 Å². The molecule has 0 radical (unpaired) electrons.